The van der Waals surface area contributed by atoms with E-state index in [1.807, 2.05) is 12.1 Å². The second kappa shape index (κ2) is 5.26. The van der Waals surface area contributed by atoms with E-state index in [0.29, 0.717) is 12.2 Å². The van der Waals surface area contributed by atoms with Gasteiger partial charge in [-0.3, -0.25) is 9.59 Å². The van der Waals surface area contributed by atoms with E-state index >= 15 is 0 Å². The number of hydrogen-bond donors (Lipinski definition) is 2. The first-order chi connectivity index (χ1) is 7.13. The van der Waals surface area contributed by atoms with Gasteiger partial charge in [-0.1, -0.05) is 12.1 Å². The van der Waals surface area contributed by atoms with Crippen LogP contribution in [0.1, 0.15) is 12.5 Å². The summed E-state index contributed by atoms with van der Waals surface area (Å²) in [5, 5.41) is 2.49. The third-order valence-corrected chi connectivity index (χ3v) is 1.96. The molecule has 0 saturated carbocycles. The molecule has 1 amide bonds. The number of nitrogens with two attached hydrogens (primary N) is 1. The van der Waals surface area contributed by atoms with Gasteiger partial charge >= 0.3 is 0 Å². The number of ketones is 1. The predicted molar refractivity (Wildman–Crippen MR) is 58.5 cm³/mol. The Hall–Kier alpha value is -1.68. The standard InChI is InChI=1S/C11H14N2O2/c1-8(14)11(15)13-10-4-2-9(3-5-10)6-7-12/h2-5H,6-7,12H2,1H3,(H,13,15). The third-order valence-electron chi connectivity index (χ3n) is 1.96. The van der Waals surface area contributed by atoms with Gasteiger partial charge in [0.25, 0.3) is 5.91 Å². The fraction of sp³-hybridized carbons (Fsp3) is 0.273. The molecule has 15 heavy (non-hydrogen) atoms. The van der Waals surface area contributed by atoms with Gasteiger partial charge in [-0.25, -0.2) is 0 Å². The summed E-state index contributed by atoms with van der Waals surface area (Å²) in [4.78, 5) is 21.7. The SMILES string of the molecule is CC(=O)C(=O)Nc1ccc(CCN)cc1. The number of hydrogen-bond acceptors (Lipinski definition) is 3. The van der Waals surface area contributed by atoms with E-state index in [1.54, 1.807) is 12.1 Å². The maximum absolute atomic E-state index is 11.0. The molecule has 0 unspecified atom stereocenters. The normalized spacial score (nSPS) is 9.73. The van der Waals surface area contributed by atoms with Gasteiger partial charge in [0.05, 0.1) is 0 Å². The van der Waals surface area contributed by atoms with Crippen molar-refractivity contribution in [2.75, 3.05) is 11.9 Å². The van der Waals surface area contributed by atoms with Crippen molar-refractivity contribution in [3.05, 3.63) is 29.8 Å². The fourth-order valence-corrected chi connectivity index (χ4v) is 1.14. The molecule has 0 spiro atoms. The molecule has 0 saturated heterocycles. The zero-order chi connectivity index (χ0) is 11.3. The van der Waals surface area contributed by atoms with Crippen LogP contribution in [0.25, 0.3) is 0 Å². The number of carbonyl (C=O) groups excluding carboxylic acids is 2. The highest BCUT2D eigenvalue weighted by atomic mass is 16.2. The molecule has 1 rings (SSSR count). The molecule has 1 aromatic carbocycles. The highest BCUT2D eigenvalue weighted by molar-refractivity contribution is 6.39. The summed E-state index contributed by atoms with van der Waals surface area (Å²) in [6.45, 7) is 1.83. The number of carbonyl (C=O) groups is 2. The van der Waals surface area contributed by atoms with Crippen LogP contribution in [-0.4, -0.2) is 18.2 Å². The Morgan fingerprint density at radius 1 is 1.27 bits per heavy atom. The Bertz CT molecular complexity index is 357. The first-order valence-corrected chi connectivity index (χ1v) is 4.74. The summed E-state index contributed by atoms with van der Waals surface area (Å²) in [5.74, 6) is -1.09. The quantitative estimate of drug-likeness (QED) is 0.713. The molecule has 0 aromatic heterocycles. The predicted octanol–water partition coefficient (Wildman–Crippen LogP) is 0.715. The van der Waals surface area contributed by atoms with E-state index in [-0.39, 0.29) is 0 Å². The van der Waals surface area contributed by atoms with Crippen LogP contribution >= 0.6 is 0 Å². The van der Waals surface area contributed by atoms with Crippen molar-refractivity contribution in [1.29, 1.82) is 0 Å². The Morgan fingerprint density at radius 2 is 1.87 bits per heavy atom. The largest absolute Gasteiger partial charge is 0.330 e. The van der Waals surface area contributed by atoms with Crippen LogP contribution in [0, 0.1) is 0 Å². The monoisotopic (exact) mass is 206 g/mol. The van der Waals surface area contributed by atoms with Gasteiger partial charge in [0.15, 0.2) is 0 Å². The van der Waals surface area contributed by atoms with Gasteiger partial charge in [0.2, 0.25) is 5.78 Å². The van der Waals surface area contributed by atoms with Crippen molar-refractivity contribution >= 4 is 17.4 Å². The van der Waals surface area contributed by atoms with Gasteiger partial charge in [0, 0.05) is 12.6 Å². The van der Waals surface area contributed by atoms with Gasteiger partial charge in [-0.2, -0.15) is 0 Å². The highest BCUT2D eigenvalue weighted by Gasteiger charge is 2.06. The summed E-state index contributed by atoms with van der Waals surface area (Å²) in [5.41, 5.74) is 7.14. The molecule has 4 nitrogen and oxygen atoms in total. The van der Waals surface area contributed by atoms with Crippen LogP contribution in [0.5, 0.6) is 0 Å². The second-order valence-electron chi connectivity index (χ2n) is 3.25. The lowest BCUT2D eigenvalue weighted by Gasteiger charge is -2.03. The Labute approximate surface area is 88.5 Å². The zero-order valence-electron chi connectivity index (χ0n) is 8.62. The molecule has 0 radical (unpaired) electrons. The van der Waals surface area contributed by atoms with Crippen LogP contribution in [0.3, 0.4) is 0 Å². The molecule has 80 valence electrons. The minimum Gasteiger partial charge on any atom is -0.330 e. The molecule has 3 N–H and O–H groups in total. The average molecular weight is 206 g/mol. The average Bonchev–Trinajstić information content (AvgIpc) is 2.21. The summed E-state index contributed by atoms with van der Waals surface area (Å²) in [7, 11) is 0. The van der Waals surface area contributed by atoms with Crippen LogP contribution in [0.15, 0.2) is 24.3 Å². The number of benzene rings is 1. The molecular formula is C11H14N2O2. The molecule has 0 bridgehead atoms. The molecule has 1 aromatic rings. The molecule has 0 aliphatic rings. The lowest BCUT2D eigenvalue weighted by Crippen LogP contribution is -2.19. The lowest BCUT2D eigenvalue weighted by molar-refractivity contribution is -0.133. The van der Waals surface area contributed by atoms with Crippen LogP contribution in [0.2, 0.25) is 0 Å². The first kappa shape index (κ1) is 11.4. The highest BCUT2D eigenvalue weighted by Crippen LogP contribution is 2.09. The van der Waals surface area contributed by atoms with Crippen molar-refractivity contribution in [3.8, 4) is 0 Å². The van der Waals surface area contributed by atoms with Crippen molar-refractivity contribution in [3.63, 3.8) is 0 Å². The summed E-state index contributed by atoms with van der Waals surface area (Å²) < 4.78 is 0. The van der Waals surface area contributed by atoms with Crippen molar-refractivity contribution in [1.82, 2.24) is 0 Å². The van der Waals surface area contributed by atoms with Crippen molar-refractivity contribution in [2.24, 2.45) is 5.73 Å². The van der Waals surface area contributed by atoms with Crippen molar-refractivity contribution in [2.45, 2.75) is 13.3 Å². The maximum Gasteiger partial charge on any atom is 0.291 e. The molecule has 0 aliphatic carbocycles. The van der Waals surface area contributed by atoms with E-state index < -0.39 is 11.7 Å². The van der Waals surface area contributed by atoms with E-state index in [0.717, 1.165) is 12.0 Å². The number of amides is 1. The van der Waals surface area contributed by atoms with Crippen molar-refractivity contribution < 1.29 is 9.59 Å². The van der Waals surface area contributed by atoms with E-state index in [9.17, 15) is 9.59 Å². The summed E-state index contributed by atoms with van der Waals surface area (Å²) >= 11 is 0. The minimum absolute atomic E-state index is 0.499. The van der Waals surface area contributed by atoms with Gasteiger partial charge in [-0.05, 0) is 30.7 Å². The number of anilines is 1. The molecule has 0 aliphatic heterocycles. The Kier molecular flexibility index (Phi) is 4.00. The minimum atomic E-state index is -0.596. The number of Topliss-reactive ketones (excluding diaryl/α,β-unsaturated/α-hetero) is 1. The van der Waals surface area contributed by atoms with E-state index in [2.05, 4.69) is 5.32 Å². The fourth-order valence-electron chi connectivity index (χ4n) is 1.14. The summed E-state index contributed by atoms with van der Waals surface area (Å²) in [6.07, 6.45) is 0.806. The molecule has 0 atom stereocenters. The van der Waals surface area contributed by atoms with E-state index in [4.69, 9.17) is 5.73 Å². The third kappa shape index (κ3) is 3.52. The molecule has 0 heterocycles. The van der Waals surface area contributed by atoms with Crippen LogP contribution in [0.4, 0.5) is 5.69 Å². The van der Waals surface area contributed by atoms with E-state index in [1.165, 1.54) is 6.92 Å². The second-order valence-corrected chi connectivity index (χ2v) is 3.25. The first-order valence-electron chi connectivity index (χ1n) is 4.74. The Balaban J connectivity index is 2.64. The van der Waals surface area contributed by atoms with Gasteiger partial charge < -0.3 is 11.1 Å². The summed E-state index contributed by atoms with van der Waals surface area (Å²) in [6, 6.07) is 7.27. The molecule has 0 fully saturated rings. The maximum atomic E-state index is 11.0. The number of rotatable bonds is 4. The zero-order valence-corrected chi connectivity index (χ0v) is 8.62. The smallest absolute Gasteiger partial charge is 0.291 e. The van der Waals surface area contributed by atoms with Gasteiger partial charge in [-0.15, -0.1) is 0 Å². The van der Waals surface area contributed by atoms with Gasteiger partial charge in [0.1, 0.15) is 0 Å². The molecular weight excluding hydrogens is 192 g/mol. The van der Waals surface area contributed by atoms with Crippen LogP contribution in [-0.2, 0) is 16.0 Å². The number of nitrogens with one attached hydrogen (secondary N) is 1. The molecule has 4 heteroatoms. The Morgan fingerprint density at radius 3 is 2.33 bits per heavy atom. The lowest BCUT2D eigenvalue weighted by atomic mass is 10.1. The topological polar surface area (TPSA) is 72.2 Å². The van der Waals surface area contributed by atoms with Crippen LogP contribution < -0.4 is 11.1 Å².